The molecular formula is C13H18FN3O. The molecule has 5 heteroatoms. The Morgan fingerprint density at radius 3 is 2.94 bits per heavy atom. The minimum absolute atomic E-state index is 0.180. The Kier molecular flexibility index (Phi) is 4.15. The Morgan fingerprint density at radius 2 is 2.28 bits per heavy atom. The average Bonchev–Trinajstić information content (AvgIpc) is 2.72. The molecule has 1 aliphatic rings. The number of rotatable bonds is 3. The molecule has 18 heavy (non-hydrogen) atoms. The van der Waals surface area contributed by atoms with E-state index in [2.05, 4.69) is 10.6 Å². The van der Waals surface area contributed by atoms with Gasteiger partial charge in [0.05, 0.1) is 0 Å². The molecule has 0 spiro atoms. The Labute approximate surface area is 106 Å². The van der Waals surface area contributed by atoms with Crippen molar-refractivity contribution in [2.24, 2.45) is 11.7 Å². The fourth-order valence-electron chi connectivity index (χ4n) is 2.28. The van der Waals surface area contributed by atoms with E-state index in [1.54, 1.807) is 12.1 Å². The summed E-state index contributed by atoms with van der Waals surface area (Å²) in [5.74, 6) is -0.0196. The number of nitrogens with one attached hydrogen (secondary N) is 2. The van der Waals surface area contributed by atoms with Crippen LogP contribution in [0.25, 0.3) is 0 Å². The van der Waals surface area contributed by atoms with Gasteiger partial charge in [-0.25, -0.2) is 9.18 Å². The van der Waals surface area contributed by atoms with Crippen LogP contribution in [0.4, 0.5) is 14.9 Å². The van der Waals surface area contributed by atoms with Crippen LogP contribution in [0.1, 0.15) is 19.3 Å². The first-order valence-corrected chi connectivity index (χ1v) is 6.21. The summed E-state index contributed by atoms with van der Waals surface area (Å²) in [7, 11) is 0. The van der Waals surface area contributed by atoms with Crippen molar-refractivity contribution in [3.05, 3.63) is 30.1 Å². The third kappa shape index (κ3) is 3.43. The van der Waals surface area contributed by atoms with Crippen LogP contribution in [0.3, 0.4) is 0 Å². The second-order valence-electron chi connectivity index (χ2n) is 4.70. The maximum Gasteiger partial charge on any atom is 0.319 e. The highest BCUT2D eigenvalue weighted by atomic mass is 19.1. The molecule has 1 saturated carbocycles. The fraction of sp³-hybridized carbons (Fsp3) is 0.462. The zero-order valence-corrected chi connectivity index (χ0v) is 10.2. The molecule has 0 radical (unpaired) electrons. The third-order valence-electron chi connectivity index (χ3n) is 3.33. The van der Waals surface area contributed by atoms with Crippen LogP contribution in [0, 0.1) is 11.7 Å². The van der Waals surface area contributed by atoms with Gasteiger partial charge in [0.25, 0.3) is 0 Å². The van der Waals surface area contributed by atoms with Crippen molar-refractivity contribution < 1.29 is 9.18 Å². The Hall–Kier alpha value is -1.62. The number of benzene rings is 1. The van der Waals surface area contributed by atoms with Gasteiger partial charge < -0.3 is 16.4 Å². The highest BCUT2D eigenvalue weighted by Crippen LogP contribution is 2.23. The minimum Gasteiger partial charge on any atom is -0.338 e. The predicted molar refractivity (Wildman–Crippen MR) is 68.7 cm³/mol. The molecule has 2 rings (SSSR count). The maximum absolute atomic E-state index is 12.9. The van der Waals surface area contributed by atoms with Crippen molar-refractivity contribution in [1.82, 2.24) is 5.32 Å². The standard InChI is InChI=1S/C13H18FN3O/c14-10-4-2-5-11(7-10)17-13(18)16-8-9-3-1-6-12(9)15/h2,4-5,7,9,12H,1,3,6,8,15H2,(H2,16,17,18). The van der Waals surface area contributed by atoms with E-state index in [9.17, 15) is 9.18 Å². The van der Waals surface area contributed by atoms with Gasteiger partial charge in [0.15, 0.2) is 0 Å². The van der Waals surface area contributed by atoms with Crippen molar-refractivity contribution in [2.45, 2.75) is 25.3 Å². The lowest BCUT2D eigenvalue weighted by Crippen LogP contribution is -2.38. The molecule has 2 unspecified atom stereocenters. The number of urea groups is 1. The van der Waals surface area contributed by atoms with Gasteiger partial charge in [0.2, 0.25) is 0 Å². The molecule has 0 saturated heterocycles. The van der Waals surface area contributed by atoms with E-state index in [1.807, 2.05) is 0 Å². The van der Waals surface area contributed by atoms with Gasteiger partial charge in [-0.2, -0.15) is 0 Å². The molecule has 0 aromatic heterocycles. The van der Waals surface area contributed by atoms with Gasteiger partial charge >= 0.3 is 6.03 Å². The lowest BCUT2D eigenvalue weighted by Gasteiger charge is -2.16. The summed E-state index contributed by atoms with van der Waals surface area (Å²) >= 11 is 0. The van der Waals surface area contributed by atoms with Crippen LogP contribution in [-0.2, 0) is 0 Å². The zero-order valence-electron chi connectivity index (χ0n) is 10.2. The summed E-state index contributed by atoms with van der Waals surface area (Å²) in [6.07, 6.45) is 3.21. The van der Waals surface area contributed by atoms with Gasteiger partial charge in [-0.15, -0.1) is 0 Å². The molecule has 2 amide bonds. The average molecular weight is 251 g/mol. The molecule has 98 valence electrons. The highest BCUT2D eigenvalue weighted by molar-refractivity contribution is 5.89. The topological polar surface area (TPSA) is 67.1 Å². The largest absolute Gasteiger partial charge is 0.338 e. The van der Waals surface area contributed by atoms with Crippen molar-refractivity contribution in [1.29, 1.82) is 0 Å². The second-order valence-corrected chi connectivity index (χ2v) is 4.70. The lowest BCUT2D eigenvalue weighted by atomic mass is 10.1. The van der Waals surface area contributed by atoms with Crippen molar-refractivity contribution in [3.8, 4) is 0 Å². The van der Waals surface area contributed by atoms with Gasteiger partial charge in [-0.05, 0) is 37.0 Å². The van der Waals surface area contributed by atoms with Crippen LogP contribution >= 0.6 is 0 Å². The first-order chi connectivity index (χ1) is 8.65. The van der Waals surface area contributed by atoms with Gasteiger partial charge in [-0.3, -0.25) is 0 Å². The van der Waals surface area contributed by atoms with E-state index in [0.717, 1.165) is 19.3 Å². The number of amides is 2. The summed E-state index contributed by atoms with van der Waals surface area (Å²) in [5, 5.41) is 5.36. The van der Waals surface area contributed by atoms with Crippen LogP contribution in [0.5, 0.6) is 0 Å². The van der Waals surface area contributed by atoms with E-state index in [-0.39, 0.29) is 17.9 Å². The van der Waals surface area contributed by atoms with Crippen molar-refractivity contribution in [2.75, 3.05) is 11.9 Å². The number of carbonyl (C=O) groups is 1. The first-order valence-electron chi connectivity index (χ1n) is 6.21. The smallest absolute Gasteiger partial charge is 0.319 e. The molecule has 0 heterocycles. The minimum atomic E-state index is -0.370. The Bertz CT molecular complexity index is 424. The number of hydrogen-bond donors (Lipinski definition) is 3. The number of nitrogens with two attached hydrogens (primary N) is 1. The van der Waals surface area contributed by atoms with Crippen LogP contribution in [0.15, 0.2) is 24.3 Å². The molecule has 1 aromatic rings. The maximum atomic E-state index is 12.9. The van der Waals surface area contributed by atoms with Crippen LogP contribution in [0.2, 0.25) is 0 Å². The summed E-state index contributed by atoms with van der Waals surface area (Å²) in [5.41, 5.74) is 6.36. The van der Waals surface area contributed by atoms with E-state index >= 15 is 0 Å². The molecule has 2 atom stereocenters. The number of anilines is 1. The van der Waals surface area contributed by atoms with E-state index in [0.29, 0.717) is 18.2 Å². The molecule has 4 N–H and O–H groups in total. The molecule has 1 fully saturated rings. The van der Waals surface area contributed by atoms with Crippen LogP contribution in [-0.4, -0.2) is 18.6 Å². The Morgan fingerprint density at radius 1 is 1.44 bits per heavy atom. The van der Waals surface area contributed by atoms with Gasteiger partial charge in [-0.1, -0.05) is 12.5 Å². The summed E-state index contributed by atoms with van der Waals surface area (Å²) < 4.78 is 12.9. The second kappa shape index (κ2) is 5.82. The van der Waals surface area contributed by atoms with Crippen molar-refractivity contribution in [3.63, 3.8) is 0 Å². The third-order valence-corrected chi connectivity index (χ3v) is 3.33. The fourth-order valence-corrected chi connectivity index (χ4v) is 2.28. The lowest BCUT2D eigenvalue weighted by molar-refractivity contribution is 0.249. The molecule has 0 aliphatic heterocycles. The normalized spacial score (nSPS) is 22.8. The first kappa shape index (κ1) is 12.8. The summed E-state index contributed by atoms with van der Waals surface area (Å²) in [4.78, 5) is 11.6. The van der Waals surface area contributed by atoms with Crippen molar-refractivity contribution >= 4 is 11.7 Å². The SMILES string of the molecule is NC1CCCC1CNC(=O)Nc1cccc(F)c1. The predicted octanol–water partition coefficient (Wildman–Crippen LogP) is 2.07. The monoisotopic (exact) mass is 251 g/mol. The molecule has 1 aliphatic carbocycles. The van der Waals surface area contributed by atoms with Gasteiger partial charge in [0, 0.05) is 18.3 Å². The van der Waals surface area contributed by atoms with Crippen LogP contribution < -0.4 is 16.4 Å². The van der Waals surface area contributed by atoms with E-state index < -0.39 is 0 Å². The molecule has 1 aromatic carbocycles. The summed E-state index contributed by atoms with van der Waals surface area (Å²) in [6.45, 7) is 0.572. The van der Waals surface area contributed by atoms with E-state index in [1.165, 1.54) is 12.1 Å². The molecular weight excluding hydrogens is 233 g/mol. The Balaban J connectivity index is 1.78. The number of carbonyl (C=O) groups excluding carboxylic acids is 1. The highest BCUT2D eigenvalue weighted by Gasteiger charge is 2.23. The summed E-state index contributed by atoms with van der Waals surface area (Å²) in [6, 6.07) is 5.67. The van der Waals surface area contributed by atoms with E-state index in [4.69, 9.17) is 5.73 Å². The quantitative estimate of drug-likeness (QED) is 0.770. The zero-order chi connectivity index (χ0) is 13.0. The molecule has 4 nitrogen and oxygen atoms in total. The number of halogens is 1. The van der Waals surface area contributed by atoms with Gasteiger partial charge in [0.1, 0.15) is 5.82 Å². The molecule has 0 bridgehead atoms. The number of hydrogen-bond acceptors (Lipinski definition) is 2.